The number of ether oxygens (including phenoxy) is 2. The number of guanidine groups is 1. The van der Waals surface area contributed by atoms with Gasteiger partial charge in [0.05, 0.1) is 13.2 Å². The number of aliphatic imine (C=N–C) groups is 1. The van der Waals surface area contributed by atoms with Crippen LogP contribution in [-0.4, -0.2) is 57.9 Å². The number of halogens is 1. The van der Waals surface area contributed by atoms with Gasteiger partial charge in [0.15, 0.2) is 5.96 Å². The molecule has 0 radical (unpaired) electrons. The van der Waals surface area contributed by atoms with E-state index in [1.807, 2.05) is 37.3 Å². The second kappa shape index (κ2) is 14.6. The van der Waals surface area contributed by atoms with E-state index in [-0.39, 0.29) is 36.4 Å². The van der Waals surface area contributed by atoms with Crippen LogP contribution >= 0.6 is 24.0 Å². The normalized spacial score (nSPS) is 16.5. The molecule has 1 aliphatic heterocycles. The molecule has 3 N–H and O–H groups in total. The molecule has 0 aromatic heterocycles. The third-order valence-electron chi connectivity index (χ3n) is 3.92. The number of rotatable bonds is 10. The van der Waals surface area contributed by atoms with Crippen molar-refractivity contribution in [3.8, 4) is 0 Å². The van der Waals surface area contributed by atoms with E-state index in [0.29, 0.717) is 18.5 Å². The Morgan fingerprint density at radius 1 is 1.30 bits per heavy atom. The third kappa shape index (κ3) is 10.5. The average Bonchev–Trinajstić information content (AvgIpc) is 3.16. The van der Waals surface area contributed by atoms with Crippen LogP contribution in [0.5, 0.6) is 0 Å². The van der Waals surface area contributed by atoms with Crippen molar-refractivity contribution in [3.05, 3.63) is 30.3 Å². The molecule has 0 spiro atoms. The first-order valence-electron chi connectivity index (χ1n) is 9.30. The minimum atomic E-state index is -0.143. The molecule has 0 bridgehead atoms. The molecule has 2 rings (SSSR count). The highest BCUT2D eigenvalue weighted by molar-refractivity contribution is 14.0. The fraction of sp³-hybridized carbons (Fsp3) is 0.579. The molecule has 1 fully saturated rings. The van der Waals surface area contributed by atoms with E-state index >= 15 is 0 Å². The van der Waals surface area contributed by atoms with Crippen LogP contribution in [0.2, 0.25) is 0 Å². The van der Waals surface area contributed by atoms with Gasteiger partial charge < -0.3 is 25.4 Å². The van der Waals surface area contributed by atoms with Gasteiger partial charge >= 0.3 is 0 Å². The zero-order chi connectivity index (χ0) is 18.5. The highest BCUT2D eigenvalue weighted by Gasteiger charge is 2.15. The Labute approximate surface area is 178 Å². The number of benzene rings is 1. The van der Waals surface area contributed by atoms with E-state index in [2.05, 4.69) is 20.9 Å². The maximum Gasteiger partial charge on any atom is 0.246 e. The van der Waals surface area contributed by atoms with Gasteiger partial charge in [0.2, 0.25) is 5.91 Å². The number of anilines is 1. The summed E-state index contributed by atoms with van der Waals surface area (Å²) in [6.45, 7) is 6.70. The highest BCUT2D eigenvalue weighted by Crippen LogP contribution is 2.12. The zero-order valence-electron chi connectivity index (χ0n) is 15.9. The number of hydrogen-bond acceptors (Lipinski definition) is 4. The summed E-state index contributed by atoms with van der Waals surface area (Å²) in [7, 11) is 0. The topological polar surface area (TPSA) is 84.0 Å². The van der Waals surface area contributed by atoms with Crippen LogP contribution in [0, 0.1) is 5.92 Å². The van der Waals surface area contributed by atoms with Crippen molar-refractivity contribution in [2.24, 2.45) is 10.9 Å². The lowest BCUT2D eigenvalue weighted by Gasteiger charge is -2.12. The van der Waals surface area contributed by atoms with E-state index in [0.717, 1.165) is 51.4 Å². The Morgan fingerprint density at radius 3 is 2.81 bits per heavy atom. The van der Waals surface area contributed by atoms with E-state index in [1.54, 1.807) is 0 Å². The number of amides is 1. The van der Waals surface area contributed by atoms with Gasteiger partial charge in [-0.15, -0.1) is 24.0 Å². The van der Waals surface area contributed by atoms with E-state index < -0.39 is 0 Å². The lowest BCUT2D eigenvalue weighted by molar-refractivity contribution is -0.114. The molecule has 152 valence electrons. The monoisotopic (exact) mass is 490 g/mol. The van der Waals surface area contributed by atoms with Gasteiger partial charge in [-0.25, -0.2) is 4.99 Å². The van der Waals surface area contributed by atoms with Gasteiger partial charge in [-0.2, -0.15) is 0 Å². The molecule has 0 saturated carbocycles. The molecule has 1 atom stereocenters. The van der Waals surface area contributed by atoms with Crippen LogP contribution in [0.3, 0.4) is 0 Å². The van der Waals surface area contributed by atoms with Gasteiger partial charge in [-0.3, -0.25) is 4.79 Å². The number of nitrogens with one attached hydrogen (secondary N) is 3. The van der Waals surface area contributed by atoms with Crippen molar-refractivity contribution in [1.82, 2.24) is 10.6 Å². The molecule has 8 heteroatoms. The predicted octanol–water partition coefficient (Wildman–Crippen LogP) is 2.24. The fourth-order valence-corrected chi connectivity index (χ4v) is 2.56. The Bertz CT molecular complexity index is 551. The maximum atomic E-state index is 12.0. The van der Waals surface area contributed by atoms with E-state index in [1.165, 1.54) is 0 Å². The van der Waals surface area contributed by atoms with Crippen LogP contribution in [0.25, 0.3) is 0 Å². The fourth-order valence-electron chi connectivity index (χ4n) is 2.56. The van der Waals surface area contributed by atoms with Crippen LogP contribution in [0.15, 0.2) is 35.3 Å². The first-order valence-corrected chi connectivity index (χ1v) is 9.30. The predicted molar refractivity (Wildman–Crippen MR) is 119 cm³/mol. The van der Waals surface area contributed by atoms with Gasteiger partial charge in [0, 0.05) is 37.9 Å². The van der Waals surface area contributed by atoms with Crippen LogP contribution in [-0.2, 0) is 14.3 Å². The number of carbonyl (C=O) groups is 1. The summed E-state index contributed by atoms with van der Waals surface area (Å²) in [5.74, 6) is 1.04. The van der Waals surface area contributed by atoms with Crippen LogP contribution in [0.4, 0.5) is 5.69 Å². The van der Waals surface area contributed by atoms with E-state index in [9.17, 15) is 4.79 Å². The van der Waals surface area contributed by atoms with Gasteiger partial charge in [-0.1, -0.05) is 18.2 Å². The van der Waals surface area contributed by atoms with Crippen molar-refractivity contribution >= 4 is 41.5 Å². The molecule has 1 aromatic carbocycles. The SMILES string of the molecule is CCNC(=NCC(=O)Nc1ccccc1)NCCCOCC1CCOC1.I. The molecule has 7 nitrogen and oxygen atoms in total. The van der Waals surface area contributed by atoms with E-state index in [4.69, 9.17) is 9.47 Å². The average molecular weight is 490 g/mol. The Hall–Kier alpha value is -1.39. The molecule has 1 aromatic rings. The van der Waals surface area contributed by atoms with Crippen molar-refractivity contribution in [2.45, 2.75) is 19.8 Å². The van der Waals surface area contributed by atoms with Crippen molar-refractivity contribution in [2.75, 3.05) is 51.4 Å². The standard InChI is InChI=1S/C19H30N4O3.HI/c1-2-20-19(21-10-6-11-25-14-16-9-12-26-15-16)22-13-18(24)23-17-7-4-3-5-8-17;/h3-5,7-8,16H,2,6,9-15H2,1H3,(H,23,24)(H2,20,21,22);1H. The minimum absolute atomic E-state index is 0. The highest BCUT2D eigenvalue weighted by atomic mass is 127. The summed E-state index contributed by atoms with van der Waals surface area (Å²) in [5, 5.41) is 9.18. The molecule has 1 heterocycles. The number of para-hydroxylation sites is 1. The van der Waals surface area contributed by atoms with Crippen molar-refractivity contribution in [3.63, 3.8) is 0 Å². The van der Waals surface area contributed by atoms with Gasteiger partial charge in [0.25, 0.3) is 0 Å². The molecule has 1 unspecified atom stereocenters. The largest absolute Gasteiger partial charge is 0.381 e. The second-order valence-corrected chi connectivity index (χ2v) is 6.19. The summed E-state index contributed by atoms with van der Waals surface area (Å²) < 4.78 is 11.0. The van der Waals surface area contributed by atoms with Crippen molar-refractivity contribution < 1.29 is 14.3 Å². The summed E-state index contributed by atoms with van der Waals surface area (Å²) in [5.41, 5.74) is 0.774. The molecule has 1 aliphatic rings. The molecule has 27 heavy (non-hydrogen) atoms. The van der Waals surface area contributed by atoms with Crippen LogP contribution < -0.4 is 16.0 Å². The number of hydrogen-bond donors (Lipinski definition) is 3. The summed E-state index contributed by atoms with van der Waals surface area (Å²) in [6.07, 6.45) is 1.98. The zero-order valence-corrected chi connectivity index (χ0v) is 18.2. The summed E-state index contributed by atoms with van der Waals surface area (Å²) >= 11 is 0. The Balaban J connectivity index is 0.00000364. The lowest BCUT2D eigenvalue weighted by atomic mass is 10.1. The van der Waals surface area contributed by atoms with Crippen LogP contribution in [0.1, 0.15) is 19.8 Å². The molecule has 0 aliphatic carbocycles. The molecular formula is C19H31IN4O3. The van der Waals surface area contributed by atoms with Crippen molar-refractivity contribution in [1.29, 1.82) is 0 Å². The Kier molecular flexibility index (Phi) is 12.8. The third-order valence-corrected chi connectivity index (χ3v) is 3.92. The quantitative estimate of drug-likeness (QED) is 0.203. The molecule has 1 saturated heterocycles. The first kappa shape index (κ1) is 23.6. The second-order valence-electron chi connectivity index (χ2n) is 6.19. The smallest absolute Gasteiger partial charge is 0.246 e. The van der Waals surface area contributed by atoms with Gasteiger partial charge in [-0.05, 0) is 31.9 Å². The summed E-state index contributed by atoms with van der Waals surface area (Å²) in [4.78, 5) is 16.3. The Morgan fingerprint density at radius 2 is 2.11 bits per heavy atom. The van der Waals surface area contributed by atoms with Gasteiger partial charge in [0.1, 0.15) is 6.54 Å². The maximum absolute atomic E-state index is 12.0. The number of nitrogens with zero attached hydrogens (tertiary/aromatic N) is 1. The summed E-state index contributed by atoms with van der Waals surface area (Å²) in [6, 6.07) is 9.37. The first-order chi connectivity index (χ1) is 12.8. The number of carbonyl (C=O) groups excluding carboxylic acids is 1. The lowest BCUT2D eigenvalue weighted by Crippen LogP contribution is -2.38. The molecule has 1 amide bonds. The molecular weight excluding hydrogens is 459 g/mol. The minimum Gasteiger partial charge on any atom is -0.381 e.